The van der Waals surface area contributed by atoms with Gasteiger partial charge in [-0.25, -0.2) is 5.43 Å². The molecule has 1 amide bonds. The summed E-state index contributed by atoms with van der Waals surface area (Å²) in [5.41, 5.74) is 9.01. The van der Waals surface area contributed by atoms with Crippen molar-refractivity contribution < 1.29 is 4.79 Å². The highest BCUT2D eigenvalue weighted by Gasteiger charge is 2.10. The van der Waals surface area contributed by atoms with Crippen molar-refractivity contribution in [1.29, 1.82) is 5.26 Å². The minimum absolute atomic E-state index is 0.147. The van der Waals surface area contributed by atoms with Crippen LogP contribution in [0.3, 0.4) is 0 Å². The second-order valence-corrected chi connectivity index (χ2v) is 3.71. The van der Waals surface area contributed by atoms with Crippen LogP contribution in [-0.2, 0) is 0 Å². The lowest BCUT2D eigenvalue weighted by atomic mass is 10.1. The number of carbonyl (C=O) groups is 1. The number of rotatable bonds is 3. The Bertz CT molecular complexity index is 690. The number of amidine groups is 1. The molecule has 7 heteroatoms. The Hall–Kier alpha value is -3.27. The minimum atomic E-state index is -0.527. The number of nitrogens with one attached hydrogen (secondary N) is 1. The summed E-state index contributed by atoms with van der Waals surface area (Å²) in [5, 5.41) is 12.7. The molecule has 0 aliphatic carbocycles. The largest absolute Gasteiger partial charge is 0.382 e. The molecule has 0 spiro atoms. The first kappa shape index (κ1) is 13.2. The number of pyridine rings is 2. The Morgan fingerprint density at radius 2 is 1.95 bits per heavy atom. The molecule has 0 bridgehead atoms. The van der Waals surface area contributed by atoms with Crippen LogP contribution in [0.25, 0.3) is 0 Å². The zero-order valence-corrected chi connectivity index (χ0v) is 10.3. The van der Waals surface area contributed by atoms with Crippen LogP contribution >= 0.6 is 0 Å². The van der Waals surface area contributed by atoms with Gasteiger partial charge in [-0.05, 0) is 18.2 Å². The standard InChI is InChI=1S/C13H10N6O/c14-7-10-8-17-6-3-11(10)13(20)19-18-12(15)9-1-4-16-5-2-9/h1-6,8H,(H2,15,18)(H,19,20). The number of nitrogens with zero attached hydrogens (tertiary/aromatic N) is 4. The highest BCUT2D eigenvalue weighted by Crippen LogP contribution is 2.05. The molecule has 0 atom stereocenters. The van der Waals surface area contributed by atoms with E-state index >= 15 is 0 Å². The van der Waals surface area contributed by atoms with Crippen molar-refractivity contribution in [3.05, 3.63) is 59.7 Å². The lowest BCUT2D eigenvalue weighted by Gasteiger charge is -2.03. The summed E-state index contributed by atoms with van der Waals surface area (Å²) >= 11 is 0. The number of nitriles is 1. The normalized spacial score (nSPS) is 10.7. The van der Waals surface area contributed by atoms with Gasteiger partial charge in [0.1, 0.15) is 6.07 Å². The third-order valence-electron chi connectivity index (χ3n) is 2.44. The van der Waals surface area contributed by atoms with Gasteiger partial charge in [-0.2, -0.15) is 10.4 Å². The van der Waals surface area contributed by atoms with Crippen molar-refractivity contribution in [3.8, 4) is 6.07 Å². The summed E-state index contributed by atoms with van der Waals surface area (Å²) in [6, 6.07) is 6.65. The first-order valence-electron chi connectivity index (χ1n) is 5.60. The average molecular weight is 266 g/mol. The van der Waals surface area contributed by atoms with Crippen molar-refractivity contribution in [2.75, 3.05) is 0 Å². The number of nitrogens with two attached hydrogens (primary N) is 1. The molecule has 2 rings (SSSR count). The molecule has 2 aromatic heterocycles. The molecular formula is C13H10N6O. The van der Waals surface area contributed by atoms with Gasteiger partial charge in [-0.15, -0.1) is 0 Å². The monoisotopic (exact) mass is 266 g/mol. The van der Waals surface area contributed by atoms with Gasteiger partial charge in [0.15, 0.2) is 5.84 Å². The topological polar surface area (TPSA) is 117 Å². The lowest BCUT2D eigenvalue weighted by molar-refractivity contribution is 0.0954. The maximum atomic E-state index is 11.9. The zero-order chi connectivity index (χ0) is 14.4. The van der Waals surface area contributed by atoms with Crippen molar-refractivity contribution in [2.45, 2.75) is 0 Å². The summed E-state index contributed by atoms with van der Waals surface area (Å²) in [6.07, 6.45) is 5.86. The van der Waals surface area contributed by atoms with Crippen LogP contribution < -0.4 is 11.2 Å². The SMILES string of the molecule is N#Cc1cnccc1C(=O)NN=C(N)c1ccncc1. The predicted molar refractivity (Wildman–Crippen MR) is 71.4 cm³/mol. The molecule has 0 aliphatic rings. The Kier molecular flexibility index (Phi) is 3.99. The maximum Gasteiger partial charge on any atom is 0.272 e. The molecule has 20 heavy (non-hydrogen) atoms. The van der Waals surface area contributed by atoms with Crippen LogP contribution in [0, 0.1) is 11.3 Å². The van der Waals surface area contributed by atoms with Crippen LogP contribution in [-0.4, -0.2) is 21.7 Å². The predicted octanol–water partition coefficient (Wildman–Crippen LogP) is 0.399. The molecule has 0 radical (unpaired) electrons. The van der Waals surface area contributed by atoms with Crippen LogP contribution in [0.2, 0.25) is 0 Å². The fraction of sp³-hybridized carbons (Fsp3) is 0. The van der Waals surface area contributed by atoms with Crippen LogP contribution in [0.15, 0.2) is 48.1 Å². The van der Waals surface area contributed by atoms with Gasteiger partial charge in [-0.3, -0.25) is 14.8 Å². The van der Waals surface area contributed by atoms with Crippen LogP contribution in [0.1, 0.15) is 21.5 Å². The van der Waals surface area contributed by atoms with Gasteiger partial charge in [0.25, 0.3) is 5.91 Å². The molecule has 0 unspecified atom stereocenters. The van der Waals surface area contributed by atoms with E-state index in [0.717, 1.165) is 0 Å². The summed E-state index contributed by atoms with van der Waals surface area (Å²) in [7, 11) is 0. The number of aromatic nitrogens is 2. The van der Waals surface area contributed by atoms with Gasteiger partial charge >= 0.3 is 0 Å². The average Bonchev–Trinajstić information content (AvgIpc) is 2.53. The smallest absolute Gasteiger partial charge is 0.272 e. The third kappa shape index (κ3) is 2.94. The first-order valence-corrected chi connectivity index (χ1v) is 5.60. The first-order chi connectivity index (χ1) is 9.72. The molecule has 2 heterocycles. The maximum absolute atomic E-state index is 11.9. The minimum Gasteiger partial charge on any atom is -0.382 e. The van der Waals surface area contributed by atoms with E-state index in [2.05, 4.69) is 20.5 Å². The van der Waals surface area contributed by atoms with Crippen molar-refractivity contribution in [1.82, 2.24) is 15.4 Å². The molecular weight excluding hydrogens is 256 g/mol. The van der Waals surface area contributed by atoms with Crippen LogP contribution in [0.4, 0.5) is 0 Å². The fourth-order valence-corrected chi connectivity index (χ4v) is 1.44. The van der Waals surface area contributed by atoms with Gasteiger partial charge in [0, 0.05) is 30.4 Å². The summed E-state index contributed by atoms with van der Waals surface area (Å²) in [4.78, 5) is 19.5. The molecule has 98 valence electrons. The molecule has 0 aromatic carbocycles. The molecule has 0 saturated heterocycles. The number of amides is 1. The third-order valence-corrected chi connectivity index (χ3v) is 2.44. The lowest BCUT2D eigenvalue weighted by Crippen LogP contribution is -2.24. The van der Waals surface area contributed by atoms with E-state index in [9.17, 15) is 4.79 Å². The fourth-order valence-electron chi connectivity index (χ4n) is 1.44. The van der Waals surface area contributed by atoms with E-state index in [4.69, 9.17) is 11.0 Å². The molecule has 2 aromatic rings. The number of hydrogen-bond acceptors (Lipinski definition) is 5. The Balaban J connectivity index is 2.15. The van der Waals surface area contributed by atoms with Crippen LogP contribution in [0.5, 0.6) is 0 Å². The van der Waals surface area contributed by atoms with E-state index in [0.29, 0.717) is 5.56 Å². The molecule has 0 fully saturated rings. The summed E-state index contributed by atoms with van der Waals surface area (Å²) in [6.45, 7) is 0. The second kappa shape index (κ2) is 6.06. The molecule has 0 aliphatic heterocycles. The Morgan fingerprint density at radius 1 is 1.25 bits per heavy atom. The van der Waals surface area contributed by atoms with E-state index < -0.39 is 5.91 Å². The van der Waals surface area contributed by atoms with E-state index in [1.807, 2.05) is 6.07 Å². The number of carbonyl (C=O) groups excluding carboxylic acids is 1. The molecule has 0 saturated carbocycles. The van der Waals surface area contributed by atoms with Gasteiger partial charge in [0.2, 0.25) is 0 Å². The van der Waals surface area contributed by atoms with E-state index in [1.165, 1.54) is 18.5 Å². The van der Waals surface area contributed by atoms with Gasteiger partial charge in [0.05, 0.1) is 11.1 Å². The summed E-state index contributed by atoms with van der Waals surface area (Å²) in [5.74, 6) is -0.380. The van der Waals surface area contributed by atoms with E-state index in [-0.39, 0.29) is 17.0 Å². The Labute approximate surface area is 114 Å². The van der Waals surface area contributed by atoms with Crippen molar-refractivity contribution >= 4 is 11.7 Å². The molecule has 3 N–H and O–H groups in total. The number of hydrogen-bond donors (Lipinski definition) is 2. The van der Waals surface area contributed by atoms with Gasteiger partial charge in [-0.1, -0.05) is 0 Å². The summed E-state index contributed by atoms with van der Waals surface area (Å²) < 4.78 is 0. The second-order valence-electron chi connectivity index (χ2n) is 3.71. The van der Waals surface area contributed by atoms with Crippen molar-refractivity contribution in [2.24, 2.45) is 10.8 Å². The number of hydrazone groups is 1. The Morgan fingerprint density at radius 3 is 2.65 bits per heavy atom. The van der Waals surface area contributed by atoms with E-state index in [1.54, 1.807) is 24.5 Å². The molecule has 7 nitrogen and oxygen atoms in total. The highest BCUT2D eigenvalue weighted by atomic mass is 16.2. The quantitative estimate of drug-likeness (QED) is 0.473. The van der Waals surface area contributed by atoms with Gasteiger partial charge < -0.3 is 5.73 Å². The van der Waals surface area contributed by atoms with Crippen molar-refractivity contribution in [3.63, 3.8) is 0 Å². The zero-order valence-electron chi connectivity index (χ0n) is 10.3. The highest BCUT2D eigenvalue weighted by molar-refractivity contribution is 6.00.